The van der Waals surface area contributed by atoms with Crippen molar-refractivity contribution < 1.29 is 9.53 Å². The van der Waals surface area contributed by atoms with Crippen LogP contribution < -0.4 is 4.74 Å². The minimum atomic E-state index is -0.0375. The van der Waals surface area contributed by atoms with E-state index in [1.165, 1.54) is 0 Å². The lowest BCUT2D eigenvalue weighted by Crippen LogP contribution is -2.05. The number of carbonyl (C=O) groups is 1. The van der Waals surface area contributed by atoms with Gasteiger partial charge >= 0.3 is 0 Å². The number of carbonyl (C=O) groups excluding carboxylic acids is 1. The molecule has 0 radical (unpaired) electrons. The number of benzene rings is 2. The van der Waals surface area contributed by atoms with Gasteiger partial charge in [0.25, 0.3) is 0 Å². The first-order valence-corrected chi connectivity index (χ1v) is 7.40. The summed E-state index contributed by atoms with van der Waals surface area (Å²) in [6.45, 7) is 1.99. The van der Waals surface area contributed by atoms with Crippen molar-refractivity contribution in [2.45, 2.75) is 6.92 Å². The van der Waals surface area contributed by atoms with Crippen molar-refractivity contribution in [3.63, 3.8) is 0 Å². The molecule has 0 amide bonds. The third kappa shape index (κ3) is 2.99. The highest BCUT2D eigenvalue weighted by Gasteiger charge is 2.17. The summed E-state index contributed by atoms with van der Waals surface area (Å²) in [5.74, 6) is 0.617. The maximum Gasteiger partial charge on any atom is 0.193 e. The van der Waals surface area contributed by atoms with Gasteiger partial charge in [0.2, 0.25) is 0 Å². The fourth-order valence-corrected chi connectivity index (χ4v) is 2.56. The minimum Gasteiger partial charge on any atom is -0.497 e. The summed E-state index contributed by atoms with van der Waals surface area (Å²) in [5.41, 5.74) is 3.90. The van der Waals surface area contributed by atoms with Gasteiger partial charge in [-0.15, -0.1) is 0 Å². The molecule has 0 saturated carbocycles. The summed E-state index contributed by atoms with van der Waals surface area (Å²) in [5, 5.41) is 0. The first-order chi connectivity index (χ1) is 11.2. The molecule has 23 heavy (non-hydrogen) atoms. The molecule has 0 N–H and O–H groups in total. The van der Waals surface area contributed by atoms with Crippen molar-refractivity contribution in [1.29, 1.82) is 0 Å². The lowest BCUT2D eigenvalue weighted by atomic mass is 9.94. The Labute approximate surface area is 135 Å². The Hall–Kier alpha value is -2.94. The zero-order valence-corrected chi connectivity index (χ0v) is 13.1. The summed E-state index contributed by atoms with van der Waals surface area (Å²) in [6, 6.07) is 18.6. The molecule has 3 nitrogen and oxygen atoms in total. The summed E-state index contributed by atoms with van der Waals surface area (Å²) in [6.07, 6.45) is 1.74. The highest BCUT2D eigenvalue weighted by atomic mass is 16.5. The number of pyridine rings is 1. The molecule has 114 valence electrons. The topological polar surface area (TPSA) is 39.2 Å². The number of aryl methyl sites for hydroxylation is 1. The van der Waals surface area contributed by atoms with Gasteiger partial charge in [-0.3, -0.25) is 9.78 Å². The van der Waals surface area contributed by atoms with Crippen LogP contribution in [0.2, 0.25) is 0 Å². The highest BCUT2D eigenvalue weighted by Crippen LogP contribution is 2.29. The highest BCUT2D eigenvalue weighted by molar-refractivity contribution is 6.13. The molecule has 3 aromatic rings. The van der Waals surface area contributed by atoms with Crippen LogP contribution in [0.25, 0.3) is 11.3 Å². The SMILES string of the molecule is COc1ccc(-c2ncccc2C)c(C(=O)c2ccccc2)c1. The maximum atomic E-state index is 12.9. The van der Waals surface area contributed by atoms with Gasteiger partial charge in [-0.1, -0.05) is 36.4 Å². The quantitative estimate of drug-likeness (QED) is 0.675. The fourth-order valence-electron chi connectivity index (χ4n) is 2.56. The molecule has 0 aliphatic carbocycles. The number of hydrogen-bond donors (Lipinski definition) is 0. The number of methoxy groups -OCH3 is 1. The summed E-state index contributed by atoms with van der Waals surface area (Å²) in [4.78, 5) is 17.4. The van der Waals surface area contributed by atoms with E-state index in [0.29, 0.717) is 16.9 Å². The van der Waals surface area contributed by atoms with E-state index in [0.717, 1.165) is 16.8 Å². The van der Waals surface area contributed by atoms with Gasteiger partial charge < -0.3 is 4.74 Å². The predicted octanol–water partition coefficient (Wildman–Crippen LogP) is 4.30. The lowest BCUT2D eigenvalue weighted by molar-refractivity contribution is 0.103. The van der Waals surface area contributed by atoms with Crippen LogP contribution in [0.4, 0.5) is 0 Å². The van der Waals surface area contributed by atoms with Gasteiger partial charge in [0.15, 0.2) is 5.78 Å². The molecule has 1 aromatic heterocycles. The second-order valence-corrected chi connectivity index (χ2v) is 5.28. The molecule has 0 saturated heterocycles. The Morgan fingerprint density at radius 3 is 2.48 bits per heavy atom. The third-order valence-corrected chi connectivity index (χ3v) is 3.77. The van der Waals surface area contributed by atoms with Gasteiger partial charge in [-0.05, 0) is 36.8 Å². The Morgan fingerprint density at radius 1 is 1.00 bits per heavy atom. The fraction of sp³-hybridized carbons (Fsp3) is 0.100. The van der Waals surface area contributed by atoms with E-state index in [9.17, 15) is 4.79 Å². The summed E-state index contributed by atoms with van der Waals surface area (Å²) in [7, 11) is 1.60. The molecule has 2 aromatic carbocycles. The Kier molecular flexibility index (Phi) is 4.20. The van der Waals surface area contributed by atoms with Crippen LogP contribution in [0.1, 0.15) is 21.5 Å². The standard InChI is InChI=1S/C20H17NO2/c1-14-7-6-12-21-19(14)17-11-10-16(23-2)13-18(17)20(22)15-8-4-3-5-9-15/h3-13H,1-2H3. The van der Waals surface area contributed by atoms with E-state index in [1.54, 1.807) is 19.4 Å². The zero-order valence-electron chi connectivity index (χ0n) is 13.1. The molecule has 1 heterocycles. The van der Waals surface area contributed by atoms with Crippen LogP contribution in [-0.4, -0.2) is 17.9 Å². The number of hydrogen-bond acceptors (Lipinski definition) is 3. The second kappa shape index (κ2) is 6.44. The predicted molar refractivity (Wildman–Crippen MR) is 90.8 cm³/mol. The molecule has 0 aliphatic heterocycles. The summed E-state index contributed by atoms with van der Waals surface area (Å²) >= 11 is 0. The van der Waals surface area contributed by atoms with Crippen molar-refractivity contribution in [2.75, 3.05) is 7.11 Å². The largest absolute Gasteiger partial charge is 0.497 e. The van der Waals surface area contributed by atoms with Gasteiger partial charge in [0.05, 0.1) is 12.8 Å². The van der Waals surface area contributed by atoms with Gasteiger partial charge in [-0.2, -0.15) is 0 Å². The number of ether oxygens (including phenoxy) is 1. The van der Waals surface area contributed by atoms with Gasteiger partial charge in [0, 0.05) is 22.9 Å². The minimum absolute atomic E-state index is 0.0375. The third-order valence-electron chi connectivity index (χ3n) is 3.77. The molecular weight excluding hydrogens is 286 g/mol. The second-order valence-electron chi connectivity index (χ2n) is 5.28. The molecule has 0 atom stereocenters. The molecule has 0 fully saturated rings. The van der Waals surface area contributed by atoms with Gasteiger partial charge in [0.1, 0.15) is 5.75 Å². The van der Waals surface area contributed by atoms with Crippen LogP contribution in [0.3, 0.4) is 0 Å². The molecule has 0 bridgehead atoms. The number of ketones is 1. The molecule has 3 rings (SSSR count). The van der Waals surface area contributed by atoms with Crippen molar-refractivity contribution in [3.05, 3.63) is 83.6 Å². The van der Waals surface area contributed by atoms with Crippen LogP contribution in [-0.2, 0) is 0 Å². The van der Waals surface area contributed by atoms with Crippen LogP contribution in [0, 0.1) is 6.92 Å². The first kappa shape index (κ1) is 15.0. The van der Waals surface area contributed by atoms with Crippen molar-refractivity contribution in [1.82, 2.24) is 4.98 Å². The smallest absolute Gasteiger partial charge is 0.193 e. The number of nitrogens with zero attached hydrogens (tertiary/aromatic N) is 1. The Bertz CT molecular complexity index is 841. The molecular formula is C20H17NO2. The van der Waals surface area contributed by atoms with E-state index in [-0.39, 0.29) is 5.78 Å². The van der Waals surface area contributed by atoms with Crippen LogP contribution in [0.15, 0.2) is 66.9 Å². The van der Waals surface area contributed by atoms with E-state index < -0.39 is 0 Å². The summed E-state index contributed by atoms with van der Waals surface area (Å²) < 4.78 is 5.29. The molecule has 0 aliphatic rings. The lowest BCUT2D eigenvalue weighted by Gasteiger charge is -2.12. The monoisotopic (exact) mass is 303 g/mol. The Balaban J connectivity index is 2.18. The van der Waals surface area contributed by atoms with E-state index in [4.69, 9.17) is 4.74 Å². The van der Waals surface area contributed by atoms with E-state index in [2.05, 4.69) is 4.98 Å². The number of rotatable bonds is 4. The molecule has 3 heteroatoms. The molecule has 0 spiro atoms. The maximum absolute atomic E-state index is 12.9. The van der Waals surface area contributed by atoms with Crippen molar-refractivity contribution in [2.24, 2.45) is 0 Å². The Morgan fingerprint density at radius 2 is 1.78 bits per heavy atom. The molecule has 0 unspecified atom stereocenters. The van der Waals surface area contributed by atoms with Crippen LogP contribution in [0.5, 0.6) is 5.75 Å². The number of aromatic nitrogens is 1. The van der Waals surface area contributed by atoms with Crippen molar-refractivity contribution >= 4 is 5.78 Å². The van der Waals surface area contributed by atoms with Gasteiger partial charge in [-0.25, -0.2) is 0 Å². The average Bonchev–Trinajstić information content (AvgIpc) is 2.62. The van der Waals surface area contributed by atoms with E-state index in [1.807, 2.05) is 61.5 Å². The zero-order chi connectivity index (χ0) is 16.2. The average molecular weight is 303 g/mol. The van der Waals surface area contributed by atoms with Crippen LogP contribution >= 0.6 is 0 Å². The normalized spacial score (nSPS) is 10.3. The van der Waals surface area contributed by atoms with E-state index >= 15 is 0 Å². The first-order valence-electron chi connectivity index (χ1n) is 7.40. The van der Waals surface area contributed by atoms with Crippen molar-refractivity contribution in [3.8, 4) is 17.0 Å².